The Balaban J connectivity index is 4.16. The molecule has 0 aromatic carbocycles. The first-order chi connectivity index (χ1) is 34.0. The predicted molar refractivity (Wildman–Crippen MR) is 297 cm³/mol. The monoisotopic (exact) mass is 959 g/mol. The third kappa shape index (κ3) is 55.1. The number of carbonyl (C=O) groups is 3. The Morgan fingerprint density at radius 3 is 0.913 bits per heavy atom. The van der Waals surface area contributed by atoms with Crippen molar-refractivity contribution in [3.8, 4) is 0 Å². The van der Waals surface area contributed by atoms with Crippen LogP contribution in [0.1, 0.15) is 265 Å². The van der Waals surface area contributed by atoms with Gasteiger partial charge in [-0.05, 0) is 103 Å². The summed E-state index contributed by atoms with van der Waals surface area (Å²) in [6.07, 6.45) is 75.9. The van der Waals surface area contributed by atoms with Crippen molar-refractivity contribution in [3.05, 3.63) is 97.2 Å². The van der Waals surface area contributed by atoms with Crippen molar-refractivity contribution in [2.75, 3.05) is 13.2 Å². The van der Waals surface area contributed by atoms with Crippen molar-refractivity contribution in [1.29, 1.82) is 0 Å². The van der Waals surface area contributed by atoms with E-state index in [2.05, 4.69) is 118 Å². The highest BCUT2D eigenvalue weighted by molar-refractivity contribution is 5.71. The van der Waals surface area contributed by atoms with Crippen LogP contribution in [0.2, 0.25) is 0 Å². The fourth-order valence-corrected chi connectivity index (χ4v) is 7.77. The highest BCUT2D eigenvalue weighted by Crippen LogP contribution is 2.15. The third-order valence-corrected chi connectivity index (χ3v) is 12.1. The molecule has 0 radical (unpaired) electrons. The van der Waals surface area contributed by atoms with Gasteiger partial charge in [-0.2, -0.15) is 0 Å². The van der Waals surface area contributed by atoms with Crippen LogP contribution >= 0.6 is 0 Å². The second-order valence-electron chi connectivity index (χ2n) is 18.8. The van der Waals surface area contributed by atoms with Crippen LogP contribution < -0.4 is 0 Å². The molecule has 6 nitrogen and oxygen atoms in total. The highest BCUT2D eigenvalue weighted by Gasteiger charge is 2.19. The van der Waals surface area contributed by atoms with Crippen LogP contribution in [0.3, 0.4) is 0 Å². The van der Waals surface area contributed by atoms with Crippen LogP contribution in [-0.4, -0.2) is 37.2 Å². The van der Waals surface area contributed by atoms with Crippen molar-refractivity contribution in [2.24, 2.45) is 0 Å². The molecule has 1 unspecified atom stereocenters. The Morgan fingerprint density at radius 2 is 0.565 bits per heavy atom. The Labute approximate surface area is 426 Å². The summed E-state index contributed by atoms with van der Waals surface area (Å²) in [5.41, 5.74) is 0. The van der Waals surface area contributed by atoms with Gasteiger partial charge in [0.1, 0.15) is 13.2 Å². The zero-order chi connectivity index (χ0) is 50.0. The van der Waals surface area contributed by atoms with Gasteiger partial charge in [0.25, 0.3) is 0 Å². The summed E-state index contributed by atoms with van der Waals surface area (Å²) in [6, 6.07) is 0. The topological polar surface area (TPSA) is 78.9 Å². The fraction of sp³-hybridized carbons (Fsp3) is 0.698. The van der Waals surface area contributed by atoms with Gasteiger partial charge >= 0.3 is 17.9 Å². The molecule has 0 rings (SSSR count). The summed E-state index contributed by atoms with van der Waals surface area (Å²) in [4.78, 5) is 37.8. The van der Waals surface area contributed by atoms with E-state index in [1.54, 1.807) is 0 Å². The van der Waals surface area contributed by atoms with E-state index < -0.39 is 6.10 Å². The van der Waals surface area contributed by atoms with E-state index in [0.29, 0.717) is 19.3 Å². The number of hydrogen-bond acceptors (Lipinski definition) is 6. The molecule has 1 atom stereocenters. The molecule has 0 heterocycles. The van der Waals surface area contributed by atoms with Gasteiger partial charge in [0, 0.05) is 19.3 Å². The number of esters is 3. The Bertz CT molecular complexity index is 1380. The number of unbranched alkanes of at least 4 members (excludes halogenated alkanes) is 24. The summed E-state index contributed by atoms with van der Waals surface area (Å²) >= 11 is 0. The van der Waals surface area contributed by atoms with Gasteiger partial charge in [0.05, 0.1) is 0 Å². The largest absolute Gasteiger partial charge is 0.462 e. The molecule has 0 saturated heterocycles. The SMILES string of the molecule is CC/C=C\C/C=C\C/C=C\C/C=C\C/C=C\C/C=C\CCCCC(=O)OC(COC(=O)CCCCCCC)COC(=O)CCCCCCCCCCCCCCC/C=C\C/C=C\CCCCCCC. The molecule has 0 saturated carbocycles. The van der Waals surface area contributed by atoms with E-state index in [-0.39, 0.29) is 37.5 Å². The smallest absolute Gasteiger partial charge is 0.306 e. The lowest BCUT2D eigenvalue weighted by molar-refractivity contribution is -0.167. The summed E-state index contributed by atoms with van der Waals surface area (Å²) in [6.45, 7) is 6.40. The molecule has 394 valence electrons. The first-order valence-corrected chi connectivity index (χ1v) is 28.7. The molecular formula is C63H106O6. The van der Waals surface area contributed by atoms with E-state index in [4.69, 9.17) is 14.2 Å². The van der Waals surface area contributed by atoms with Crippen LogP contribution in [0.5, 0.6) is 0 Å². The lowest BCUT2D eigenvalue weighted by Crippen LogP contribution is -2.30. The summed E-state index contributed by atoms with van der Waals surface area (Å²) < 4.78 is 16.7. The van der Waals surface area contributed by atoms with Crippen molar-refractivity contribution >= 4 is 17.9 Å². The summed E-state index contributed by atoms with van der Waals surface area (Å²) in [7, 11) is 0. The van der Waals surface area contributed by atoms with Gasteiger partial charge < -0.3 is 14.2 Å². The number of ether oxygens (including phenoxy) is 3. The molecule has 0 aromatic rings. The zero-order valence-electron chi connectivity index (χ0n) is 45.0. The van der Waals surface area contributed by atoms with E-state index in [0.717, 1.165) is 109 Å². The molecule has 0 fully saturated rings. The number of carbonyl (C=O) groups excluding carboxylic acids is 3. The molecule has 69 heavy (non-hydrogen) atoms. The zero-order valence-corrected chi connectivity index (χ0v) is 45.0. The minimum absolute atomic E-state index is 0.0956. The van der Waals surface area contributed by atoms with Crippen LogP contribution in [0, 0.1) is 0 Å². The maximum absolute atomic E-state index is 12.8. The molecule has 0 amide bonds. The predicted octanol–water partition coefficient (Wildman–Crippen LogP) is 19.3. The molecule has 0 aliphatic heterocycles. The maximum Gasteiger partial charge on any atom is 0.306 e. The van der Waals surface area contributed by atoms with Crippen LogP contribution in [0.4, 0.5) is 0 Å². The highest BCUT2D eigenvalue weighted by atomic mass is 16.6. The van der Waals surface area contributed by atoms with Crippen molar-refractivity contribution < 1.29 is 28.6 Å². The second-order valence-corrected chi connectivity index (χ2v) is 18.8. The molecule has 0 aliphatic rings. The molecule has 0 aromatic heterocycles. The minimum Gasteiger partial charge on any atom is -0.462 e. The first kappa shape index (κ1) is 65.3. The quantitative estimate of drug-likeness (QED) is 0.0262. The Morgan fingerprint density at radius 1 is 0.304 bits per heavy atom. The standard InChI is InChI=1S/C63H106O6/c1-4-7-10-13-15-17-19-21-23-25-27-29-30-31-32-34-35-37-39-41-43-45-47-50-53-56-62(65)68-59-60(58-67-61(64)55-52-49-12-9-6-3)69-63(66)57-54-51-48-46-44-42-40-38-36-33-28-26-24-22-20-18-16-14-11-8-5-2/h8,11,16,18-19,21-22,24-25,27-28,33,38,40,44,46,60H,4-7,9-10,12-15,17,20,23,26,29-32,34-37,39,41-43,45,47-59H2,1-3H3/b11-8-,18-16-,21-19-,24-22-,27-25-,33-28-,40-38-,46-44-. The molecular weight excluding hydrogens is 853 g/mol. The van der Waals surface area contributed by atoms with Crippen molar-refractivity contribution in [2.45, 2.75) is 271 Å². The number of hydrogen-bond donors (Lipinski definition) is 0. The van der Waals surface area contributed by atoms with Crippen LogP contribution in [-0.2, 0) is 28.6 Å². The average Bonchev–Trinajstić information content (AvgIpc) is 3.35. The maximum atomic E-state index is 12.8. The summed E-state index contributed by atoms with van der Waals surface area (Å²) in [5.74, 6) is -0.953. The first-order valence-electron chi connectivity index (χ1n) is 28.7. The van der Waals surface area contributed by atoms with E-state index >= 15 is 0 Å². The van der Waals surface area contributed by atoms with Gasteiger partial charge in [0.2, 0.25) is 0 Å². The van der Waals surface area contributed by atoms with Gasteiger partial charge in [-0.3, -0.25) is 14.4 Å². The van der Waals surface area contributed by atoms with Gasteiger partial charge in [-0.15, -0.1) is 0 Å². The van der Waals surface area contributed by atoms with Gasteiger partial charge in [0.15, 0.2) is 6.10 Å². The summed E-state index contributed by atoms with van der Waals surface area (Å²) in [5, 5.41) is 0. The van der Waals surface area contributed by atoms with Crippen LogP contribution in [0.25, 0.3) is 0 Å². The van der Waals surface area contributed by atoms with Gasteiger partial charge in [-0.25, -0.2) is 0 Å². The molecule has 6 heteroatoms. The van der Waals surface area contributed by atoms with Gasteiger partial charge in [-0.1, -0.05) is 240 Å². The molecule has 0 N–H and O–H groups in total. The van der Waals surface area contributed by atoms with Crippen molar-refractivity contribution in [1.82, 2.24) is 0 Å². The third-order valence-electron chi connectivity index (χ3n) is 12.1. The fourth-order valence-electron chi connectivity index (χ4n) is 7.77. The number of allylic oxidation sites excluding steroid dienone is 16. The molecule has 0 bridgehead atoms. The van der Waals surface area contributed by atoms with E-state index in [1.807, 2.05) is 0 Å². The lowest BCUT2D eigenvalue weighted by atomic mass is 10.0. The van der Waals surface area contributed by atoms with Crippen LogP contribution in [0.15, 0.2) is 97.2 Å². The average molecular weight is 960 g/mol. The molecule has 0 spiro atoms. The second kappa shape index (κ2) is 56.9. The van der Waals surface area contributed by atoms with E-state index in [1.165, 1.54) is 109 Å². The Kier molecular flexibility index (Phi) is 53.9. The molecule has 0 aliphatic carbocycles. The normalized spacial score (nSPS) is 12.8. The lowest BCUT2D eigenvalue weighted by Gasteiger charge is -2.18. The Hall–Kier alpha value is -3.67. The van der Waals surface area contributed by atoms with Crippen molar-refractivity contribution in [3.63, 3.8) is 0 Å². The minimum atomic E-state index is -0.798. The van der Waals surface area contributed by atoms with E-state index in [9.17, 15) is 14.4 Å². The number of rotatable bonds is 51.